The van der Waals surface area contributed by atoms with E-state index in [-0.39, 0.29) is 19.4 Å². The van der Waals surface area contributed by atoms with Gasteiger partial charge in [0.15, 0.2) is 6.10 Å². The van der Waals surface area contributed by atoms with Crippen molar-refractivity contribution in [1.82, 2.24) is 0 Å². The minimum atomic E-state index is -4.72. The number of hydrogen-bond donors (Lipinski definition) is 3. The fourth-order valence-corrected chi connectivity index (χ4v) is 6.74. The van der Waals surface area contributed by atoms with Crippen LogP contribution in [-0.2, 0) is 37.5 Å². The van der Waals surface area contributed by atoms with E-state index in [1.165, 1.54) is 83.5 Å². The Bertz CT molecular complexity index is 1100. The number of unbranched alkanes of at least 4 members (excludes halogenated alkanes) is 21. The van der Waals surface area contributed by atoms with Crippen LogP contribution < -0.4 is 5.73 Å². The molecular formula is C44H80NO10P. The number of esters is 2. The van der Waals surface area contributed by atoms with Crippen LogP contribution >= 0.6 is 7.82 Å². The highest BCUT2D eigenvalue weighted by Crippen LogP contribution is 2.43. The lowest BCUT2D eigenvalue weighted by Crippen LogP contribution is -2.34. The lowest BCUT2D eigenvalue weighted by Gasteiger charge is -2.20. The number of rotatable bonds is 41. The zero-order valence-corrected chi connectivity index (χ0v) is 36.1. The Labute approximate surface area is 340 Å². The molecule has 56 heavy (non-hydrogen) atoms. The van der Waals surface area contributed by atoms with Crippen LogP contribution in [-0.4, -0.2) is 59.9 Å². The summed E-state index contributed by atoms with van der Waals surface area (Å²) in [6.45, 7) is 2.69. The van der Waals surface area contributed by atoms with Crippen molar-refractivity contribution in [2.75, 3.05) is 19.8 Å². The van der Waals surface area contributed by atoms with Gasteiger partial charge in [0.2, 0.25) is 0 Å². The number of aliphatic carboxylic acids is 1. The summed E-state index contributed by atoms with van der Waals surface area (Å²) in [6, 6.07) is -1.52. The first-order valence-corrected chi connectivity index (χ1v) is 23.5. The molecule has 0 radical (unpaired) electrons. The van der Waals surface area contributed by atoms with Gasteiger partial charge in [-0.15, -0.1) is 0 Å². The summed E-state index contributed by atoms with van der Waals surface area (Å²) < 4.78 is 32.7. The SMILES string of the molecule is CC/C=C\C/C=C\C/C=C\CCCCCCCC(=O)OC[C@H](COP(=O)(O)OC[C@H](N)C(=O)O)OC(=O)CCCCCCCCCCCCCCCCCCC. The maximum Gasteiger partial charge on any atom is 0.472 e. The van der Waals surface area contributed by atoms with Crippen molar-refractivity contribution < 1.29 is 47.5 Å². The topological polar surface area (TPSA) is 172 Å². The molecular weight excluding hydrogens is 733 g/mol. The molecule has 0 aliphatic heterocycles. The normalized spacial score (nSPS) is 14.1. The summed E-state index contributed by atoms with van der Waals surface area (Å²) in [5.74, 6) is -2.39. The number of phosphoric ester groups is 1. The molecule has 3 atom stereocenters. The van der Waals surface area contributed by atoms with Gasteiger partial charge in [0.25, 0.3) is 0 Å². The van der Waals surface area contributed by atoms with E-state index >= 15 is 0 Å². The summed E-state index contributed by atoms with van der Waals surface area (Å²) in [6.07, 6.45) is 42.1. The van der Waals surface area contributed by atoms with E-state index in [1.54, 1.807) is 0 Å². The van der Waals surface area contributed by atoms with Gasteiger partial charge in [0.1, 0.15) is 12.6 Å². The van der Waals surface area contributed by atoms with Crippen molar-refractivity contribution in [2.45, 2.75) is 206 Å². The van der Waals surface area contributed by atoms with Crippen molar-refractivity contribution in [3.63, 3.8) is 0 Å². The highest BCUT2D eigenvalue weighted by Gasteiger charge is 2.28. The third-order valence-corrected chi connectivity index (χ3v) is 10.4. The standard InChI is InChI=1S/C44H80NO10P/c1-3-5-7-9-11-13-15-17-19-20-22-24-26-28-30-32-34-36-43(47)55-40(38-53-56(50,51)54-39-41(45)44(48)49)37-52-42(46)35-33-31-29-27-25-23-21-18-16-14-12-10-8-6-4-2/h6,8,12,14,18,21,40-41H,3-5,7,9-11,13,15-17,19-20,22-39,45H2,1-2H3,(H,48,49)(H,50,51)/b8-6-,14-12-,21-18-/t40-,41+/m1/s1. The second kappa shape index (κ2) is 39.5. The Kier molecular flexibility index (Phi) is 37.9. The second-order valence-corrected chi connectivity index (χ2v) is 16.3. The fourth-order valence-electron chi connectivity index (χ4n) is 5.96. The molecule has 0 fully saturated rings. The lowest BCUT2D eigenvalue weighted by atomic mass is 10.0. The molecule has 0 saturated heterocycles. The van der Waals surface area contributed by atoms with Gasteiger partial charge in [-0.2, -0.15) is 0 Å². The maximum atomic E-state index is 12.6. The number of phosphoric acid groups is 1. The summed E-state index contributed by atoms with van der Waals surface area (Å²) in [4.78, 5) is 46.0. The predicted molar refractivity (Wildman–Crippen MR) is 226 cm³/mol. The Morgan fingerprint density at radius 3 is 1.50 bits per heavy atom. The molecule has 12 heteroatoms. The number of carboxylic acid groups (broad SMARTS) is 1. The van der Waals surface area contributed by atoms with Crippen molar-refractivity contribution in [3.8, 4) is 0 Å². The number of ether oxygens (including phenoxy) is 2. The molecule has 0 saturated carbocycles. The van der Waals surface area contributed by atoms with Gasteiger partial charge in [-0.1, -0.05) is 172 Å². The van der Waals surface area contributed by atoms with E-state index in [9.17, 15) is 23.8 Å². The van der Waals surface area contributed by atoms with Gasteiger partial charge in [0.05, 0.1) is 13.2 Å². The Hall–Kier alpha value is -2.30. The fraction of sp³-hybridized carbons (Fsp3) is 0.795. The average molecular weight is 814 g/mol. The molecule has 1 unspecified atom stereocenters. The molecule has 0 aromatic carbocycles. The molecule has 0 aromatic heterocycles. The summed E-state index contributed by atoms with van der Waals surface area (Å²) >= 11 is 0. The summed E-state index contributed by atoms with van der Waals surface area (Å²) in [5, 5.41) is 8.89. The highest BCUT2D eigenvalue weighted by atomic mass is 31.2. The molecule has 0 bridgehead atoms. The molecule has 0 aliphatic rings. The smallest absolute Gasteiger partial charge is 0.472 e. The van der Waals surface area contributed by atoms with Crippen LogP contribution in [0.15, 0.2) is 36.5 Å². The van der Waals surface area contributed by atoms with Crippen molar-refractivity contribution in [3.05, 3.63) is 36.5 Å². The van der Waals surface area contributed by atoms with Gasteiger partial charge in [0, 0.05) is 12.8 Å². The largest absolute Gasteiger partial charge is 0.480 e. The minimum Gasteiger partial charge on any atom is -0.480 e. The van der Waals surface area contributed by atoms with E-state index in [2.05, 4.69) is 54.8 Å². The van der Waals surface area contributed by atoms with E-state index in [0.29, 0.717) is 12.8 Å². The van der Waals surface area contributed by atoms with Crippen molar-refractivity contribution in [1.29, 1.82) is 0 Å². The van der Waals surface area contributed by atoms with E-state index in [4.69, 9.17) is 24.8 Å². The first-order valence-electron chi connectivity index (χ1n) is 22.0. The number of allylic oxidation sites excluding steroid dienone is 6. The van der Waals surface area contributed by atoms with Crippen LogP contribution in [0.1, 0.15) is 194 Å². The van der Waals surface area contributed by atoms with Crippen LogP contribution in [0.2, 0.25) is 0 Å². The molecule has 326 valence electrons. The van der Waals surface area contributed by atoms with Crippen LogP contribution in [0.4, 0.5) is 0 Å². The van der Waals surface area contributed by atoms with Gasteiger partial charge in [-0.05, 0) is 44.9 Å². The third-order valence-electron chi connectivity index (χ3n) is 9.40. The average Bonchev–Trinajstić information content (AvgIpc) is 3.17. The van der Waals surface area contributed by atoms with Crippen molar-refractivity contribution in [2.24, 2.45) is 5.73 Å². The highest BCUT2D eigenvalue weighted by molar-refractivity contribution is 7.47. The molecule has 4 N–H and O–H groups in total. The Morgan fingerprint density at radius 2 is 1.00 bits per heavy atom. The first-order chi connectivity index (χ1) is 27.1. The molecule has 11 nitrogen and oxygen atoms in total. The Morgan fingerprint density at radius 1 is 0.571 bits per heavy atom. The van der Waals surface area contributed by atoms with Gasteiger partial charge >= 0.3 is 25.7 Å². The minimum absolute atomic E-state index is 0.160. The quantitative estimate of drug-likeness (QED) is 0.0232. The van der Waals surface area contributed by atoms with E-state index < -0.39 is 51.1 Å². The van der Waals surface area contributed by atoms with Gasteiger partial charge < -0.3 is 25.2 Å². The summed E-state index contributed by atoms with van der Waals surface area (Å²) in [7, 11) is -4.72. The van der Waals surface area contributed by atoms with Gasteiger partial charge in [-0.3, -0.25) is 23.4 Å². The predicted octanol–water partition coefficient (Wildman–Crippen LogP) is 11.6. The molecule has 0 rings (SSSR count). The Balaban J connectivity index is 4.35. The van der Waals surface area contributed by atoms with Crippen molar-refractivity contribution >= 4 is 25.7 Å². The van der Waals surface area contributed by atoms with Crippen LogP contribution in [0.25, 0.3) is 0 Å². The monoisotopic (exact) mass is 814 g/mol. The molecule has 0 spiro atoms. The van der Waals surface area contributed by atoms with Crippen LogP contribution in [0, 0.1) is 0 Å². The lowest BCUT2D eigenvalue weighted by molar-refractivity contribution is -0.161. The molecule has 0 heterocycles. The van der Waals surface area contributed by atoms with Crippen LogP contribution in [0.3, 0.4) is 0 Å². The number of nitrogens with two attached hydrogens (primary N) is 1. The zero-order valence-electron chi connectivity index (χ0n) is 35.2. The number of carbonyl (C=O) groups excluding carboxylic acids is 2. The number of carboxylic acids is 1. The first kappa shape index (κ1) is 53.7. The maximum absolute atomic E-state index is 12.6. The zero-order chi connectivity index (χ0) is 41.4. The second-order valence-electron chi connectivity index (χ2n) is 14.8. The molecule has 0 aliphatic carbocycles. The van der Waals surface area contributed by atoms with Crippen LogP contribution in [0.5, 0.6) is 0 Å². The molecule has 0 aromatic rings. The van der Waals surface area contributed by atoms with E-state index in [0.717, 1.165) is 70.6 Å². The number of hydrogen-bond acceptors (Lipinski definition) is 9. The number of carbonyl (C=O) groups is 3. The molecule has 0 amide bonds. The van der Waals surface area contributed by atoms with Gasteiger partial charge in [-0.25, -0.2) is 4.57 Å². The summed E-state index contributed by atoms with van der Waals surface area (Å²) in [5.41, 5.74) is 5.33. The third kappa shape index (κ3) is 38.6. The van der Waals surface area contributed by atoms with E-state index in [1.807, 2.05) is 0 Å².